The number of benzene rings is 3. The molecule has 0 unspecified atom stereocenters. The molecule has 0 spiro atoms. The minimum Gasteiger partial charge on any atom is -0.427 e. The molecule has 0 saturated carbocycles. The van der Waals surface area contributed by atoms with Crippen LogP contribution in [0.1, 0.15) is 18.1 Å². The van der Waals surface area contributed by atoms with Crippen LogP contribution in [0.15, 0.2) is 83.8 Å². The van der Waals surface area contributed by atoms with Crippen molar-refractivity contribution in [2.24, 2.45) is 0 Å². The molecule has 1 amide bonds. The Bertz CT molecular complexity index is 1310. The number of sulfonamides is 1. The number of ether oxygens (including phenoxy) is 1. The summed E-state index contributed by atoms with van der Waals surface area (Å²) in [7, 11) is -3.68. The number of carbonyl (C=O) groups excluding carboxylic acids is 2. The molecule has 1 aliphatic heterocycles. The van der Waals surface area contributed by atoms with Crippen molar-refractivity contribution in [1.82, 2.24) is 0 Å². The fourth-order valence-electron chi connectivity index (χ4n) is 3.56. The lowest BCUT2D eigenvalue weighted by Crippen LogP contribution is -2.29. The minimum atomic E-state index is -3.68. The highest BCUT2D eigenvalue weighted by molar-refractivity contribution is 7.92. The highest BCUT2D eigenvalue weighted by Crippen LogP contribution is 2.32. The van der Waals surface area contributed by atoms with Crippen LogP contribution < -0.4 is 14.4 Å². The van der Waals surface area contributed by atoms with E-state index in [1.807, 2.05) is 24.3 Å². The Balaban J connectivity index is 1.40. The molecule has 1 N–H and O–H groups in total. The molecule has 1 heterocycles. The molecule has 8 heteroatoms. The third-order valence-corrected chi connectivity index (χ3v) is 6.95. The molecule has 1 aliphatic rings. The Morgan fingerprint density at radius 2 is 1.67 bits per heavy atom. The fraction of sp³-hybridized carbons (Fsp3) is 0.120. The molecule has 7 nitrogen and oxygen atoms in total. The van der Waals surface area contributed by atoms with Crippen LogP contribution in [0.25, 0.3) is 6.08 Å². The van der Waals surface area contributed by atoms with Crippen LogP contribution in [0.2, 0.25) is 0 Å². The van der Waals surface area contributed by atoms with Gasteiger partial charge in [0.1, 0.15) is 5.75 Å². The molecule has 0 radical (unpaired) electrons. The number of hydrogen-bond acceptors (Lipinski definition) is 5. The standard InChI is InChI=1S/C25H22N2O5S/c1-18(28)32-22-11-6-19(7-12-22)8-15-25(29)26-21-9-13-23(14-10-21)33(30,31)27-17-16-20-4-2-3-5-24(20)27/h2-15H,16-17H2,1H3,(H,26,29)/b15-8+. The quantitative estimate of drug-likeness (QED) is 0.339. The first kappa shape index (κ1) is 22.3. The second kappa shape index (κ2) is 9.30. The predicted molar refractivity (Wildman–Crippen MR) is 127 cm³/mol. The van der Waals surface area contributed by atoms with Crippen molar-refractivity contribution < 1.29 is 22.7 Å². The number of nitrogens with one attached hydrogen (secondary N) is 1. The first-order valence-electron chi connectivity index (χ1n) is 10.3. The summed E-state index contributed by atoms with van der Waals surface area (Å²) in [6.45, 7) is 1.73. The van der Waals surface area contributed by atoms with Gasteiger partial charge in [0.15, 0.2) is 0 Å². The number of amides is 1. The van der Waals surface area contributed by atoms with E-state index in [0.29, 0.717) is 30.1 Å². The van der Waals surface area contributed by atoms with E-state index in [2.05, 4.69) is 5.32 Å². The maximum atomic E-state index is 13.1. The zero-order valence-corrected chi connectivity index (χ0v) is 18.7. The Morgan fingerprint density at radius 1 is 0.970 bits per heavy atom. The van der Waals surface area contributed by atoms with Gasteiger partial charge in [0.2, 0.25) is 5.91 Å². The number of esters is 1. The SMILES string of the molecule is CC(=O)Oc1ccc(/C=C/C(=O)Nc2ccc(S(=O)(=O)N3CCc4ccccc43)cc2)cc1. The Labute approximate surface area is 192 Å². The van der Waals surface area contributed by atoms with Gasteiger partial charge in [-0.05, 0) is 66.1 Å². The zero-order chi connectivity index (χ0) is 23.4. The van der Waals surface area contributed by atoms with E-state index in [4.69, 9.17) is 4.74 Å². The number of anilines is 2. The van der Waals surface area contributed by atoms with Gasteiger partial charge < -0.3 is 10.1 Å². The van der Waals surface area contributed by atoms with Gasteiger partial charge in [-0.25, -0.2) is 8.42 Å². The molecule has 0 fully saturated rings. The van der Waals surface area contributed by atoms with E-state index >= 15 is 0 Å². The van der Waals surface area contributed by atoms with E-state index in [9.17, 15) is 18.0 Å². The number of nitrogens with zero attached hydrogens (tertiary/aromatic N) is 1. The molecule has 3 aromatic carbocycles. The van der Waals surface area contributed by atoms with Crippen LogP contribution in [-0.4, -0.2) is 26.8 Å². The first-order chi connectivity index (χ1) is 15.8. The topological polar surface area (TPSA) is 92.8 Å². The largest absolute Gasteiger partial charge is 0.427 e. The number of para-hydroxylation sites is 1. The first-order valence-corrected chi connectivity index (χ1v) is 11.8. The van der Waals surface area contributed by atoms with Gasteiger partial charge in [0, 0.05) is 25.2 Å². The van der Waals surface area contributed by atoms with Crippen molar-refractivity contribution in [1.29, 1.82) is 0 Å². The van der Waals surface area contributed by atoms with Crippen molar-refractivity contribution >= 4 is 39.4 Å². The van der Waals surface area contributed by atoms with E-state index in [0.717, 1.165) is 11.1 Å². The van der Waals surface area contributed by atoms with Crippen molar-refractivity contribution in [3.63, 3.8) is 0 Å². The number of hydrogen-bond donors (Lipinski definition) is 1. The second-order valence-electron chi connectivity index (χ2n) is 7.47. The molecular weight excluding hydrogens is 440 g/mol. The molecule has 0 aromatic heterocycles. The third-order valence-electron chi connectivity index (χ3n) is 5.12. The molecular formula is C25H22N2O5S. The van der Waals surface area contributed by atoms with Crippen LogP contribution in [0.4, 0.5) is 11.4 Å². The van der Waals surface area contributed by atoms with E-state index in [1.54, 1.807) is 42.5 Å². The maximum absolute atomic E-state index is 13.1. The van der Waals surface area contributed by atoms with E-state index in [-0.39, 0.29) is 10.8 Å². The summed E-state index contributed by atoms with van der Waals surface area (Å²) in [5, 5.41) is 2.71. The van der Waals surface area contributed by atoms with E-state index < -0.39 is 16.0 Å². The van der Waals surface area contributed by atoms with Crippen LogP contribution in [-0.2, 0) is 26.0 Å². The summed E-state index contributed by atoms with van der Waals surface area (Å²) < 4.78 is 32.5. The van der Waals surface area contributed by atoms with Crippen molar-refractivity contribution in [2.75, 3.05) is 16.2 Å². The summed E-state index contributed by atoms with van der Waals surface area (Å²) in [4.78, 5) is 23.4. The Morgan fingerprint density at radius 3 is 2.36 bits per heavy atom. The van der Waals surface area contributed by atoms with Gasteiger partial charge in [-0.3, -0.25) is 13.9 Å². The highest BCUT2D eigenvalue weighted by Gasteiger charge is 2.30. The average molecular weight is 463 g/mol. The fourth-order valence-corrected chi connectivity index (χ4v) is 5.07. The summed E-state index contributed by atoms with van der Waals surface area (Å²) in [5.74, 6) is -0.332. The molecule has 3 aromatic rings. The van der Waals surface area contributed by atoms with Gasteiger partial charge in [0.05, 0.1) is 10.6 Å². The van der Waals surface area contributed by atoms with Crippen molar-refractivity contribution in [3.05, 3.63) is 90.0 Å². The Kier molecular flexibility index (Phi) is 6.28. The van der Waals surface area contributed by atoms with Crippen LogP contribution in [0.3, 0.4) is 0 Å². The average Bonchev–Trinajstić information content (AvgIpc) is 3.24. The normalized spacial score (nSPS) is 13.1. The predicted octanol–water partition coefficient (Wildman–Crippen LogP) is 4.02. The van der Waals surface area contributed by atoms with Gasteiger partial charge >= 0.3 is 5.97 Å². The van der Waals surface area contributed by atoms with Gasteiger partial charge in [-0.15, -0.1) is 0 Å². The summed E-state index contributed by atoms with van der Waals surface area (Å²) in [6.07, 6.45) is 3.67. The lowest BCUT2D eigenvalue weighted by atomic mass is 10.2. The molecule has 0 atom stereocenters. The second-order valence-corrected chi connectivity index (χ2v) is 9.33. The number of rotatable bonds is 6. The zero-order valence-electron chi connectivity index (χ0n) is 17.9. The molecule has 4 rings (SSSR count). The van der Waals surface area contributed by atoms with Crippen molar-refractivity contribution in [3.8, 4) is 5.75 Å². The molecule has 33 heavy (non-hydrogen) atoms. The lowest BCUT2D eigenvalue weighted by molar-refractivity contribution is -0.131. The monoisotopic (exact) mass is 462 g/mol. The maximum Gasteiger partial charge on any atom is 0.308 e. The Hall–Kier alpha value is -3.91. The lowest BCUT2D eigenvalue weighted by Gasteiger charge is -2.19. The molecule has 0 saturated heterocycles. The summed E-state index contributed by atoms with van der Waals surface area (Å²) >= 11 is 0. The van der Waals surface area contributed by atoms with E-state index in [1.165, 1.54) is 29.4 Å². The highest BCUT2D eigenvalue weighted by atomic mass is 32.2. The smallest absolute Gasteiger partial charge is 0.308 e. The number of fused-ring (bicyclic) bond motifs is 1. The third kappa shape index (κ3) is 5.12. The van der Waals surface area contributed by atoms with Crippen LogP contribution >= 0.6 is 0 Å². The van der Waals surface area contributed by atoms with Gasteiger partial charge in [0.25, 0.3) is 10.0 Å². The van der Waals surface area contributed by atoms with Crippen LogP contribution in [0.5, 0.6) is 5.75 Å². The molecule has 168 valence electrons. The molecule has 0 aliphatic carbocycles. The minimum absolute atomic E-state index is 0.167. The molecule has 0 bridgehead atoms. The van der Waals surface area contributed by atoms with Gasteiger partial charge in [-0.2, -0.15) is 0 Å². The summed E-state index contributed by atoms with van der Waals surface area (Å²) in [5.41, 5.74) is 2.96. The van der Waals surface area contributed by atoms with Crippen LogP contribution in [0, 0.1) is 0 Å². The van der Waals surface area contributed by atoms with Gasteiger partial charge in [-0.1, -0.05) is 30.3 Å². The summed E-state index contributed by atoms with van der Waals surface area (Å²) in [6, 6.07) is 20.3. The number of carbonyl (C=O) groups is 2. The van der Waals surface area contributed by atoms with Crippen molar-refractivity contribution in [2.45, 2.75) is 18.2 Å².